The molecule has 1 saturated heterocycles. The molecule has 0 spiro atoms. The monoisotopic (exact) mass is 355 g/mol. The summed E-state index contributed by atoms with van der Waals surface area (Å²) in [6.07, 6.45) is 2.29. The molecule has 1 unspecified atom stereocenters. The summed E-state index contributed by atoms with van der Waals surface area (Å²) in [5.41, 5.74) is 0.978. The lowest BCUT2D eigenvalue weighted by atomic mass is 10.2. The molecule has 0 saturated carbocycles. The summed E-state index contributed by atoms with van der Waals surface area (Å²) in [4.78, 5) is 12.0. The molecular weight excluding hydrogens is 330 g/mol. The van der Waals surface area contributed by atoms with Crippen LogP contribution in [0.3, 0.4) is 0 Å². The predicted octanol–water partition coefficient (Wildman–Crippen LogP) is 2.55. The van der Waals surface area contributed by atoms with E-state index in [0.717, 1.165) is 12.8 Å². The average Bonchev–Trinajstić information content (AvgIpc) is 2.54. The molecule has 8 heteroatoms. The number of sulfonamides is 1. The molecule has 7 nitrogen and oxygen atoms in total. The Balaban J connectivity index is 2.26. The third kappa shape index (κ3) is 4.31. The molecule has 24 heavy (non-hydrogen) atoms. The quantitative estimate of drug-likeness (QED) is 0.850. The highest BCUT2D eigenvalue weighted by Crippen LogP contribution is 2.35. The molecule has 0 radical (unpaired) electrons. The first kappa shape index (κ1) is 18.4. The van der Waals surface area contributed by atoms with E-state index in [-0.39, 0.29) is 17.8 Å². The number of amides is 2. The summed E-state index contributed by atoms with van der Waals surface area (Å²) >= 11 is 0. The second-order valence-corrected chi connectivity index (χ2v) is 7.90. The van der Waals surface area contributed by atoms with E-state index >= 15 is 0 Å². The van der Waals surface area contributed by atoms with Crippen LogP contribution in [0.2, 0.25) is 0 Å². The van der Waals surface area contributed by atoms with Gasteiger partial charge in [0.2, 0.25) is 10.0 Å². The van der Waals surface area contributed by atoms with Gasteiger partial charge in [-0.3, -0.25) is 4.31 Å². The topological polar surface area (TPSA) is 87.7 Å². The van der Waals surface area contributed by atoms with Crippen molar-refractivity contribution in [2.24, 2.45) is 0 Å². The summed E-state index contributed by atoms with van der Waals surface area (Å²) in [5.74, 6) is 0.593. The lowest BCUT2D eigenvalue weighted by Crippen LogP contribution is -2.38. The molecule has 1 heterocycles. The fourth-order valence-corrected chi connectivity index (χ4v) is 4.15. The Morgan fingerprint density at radius 2 is 2.12 bits per heavy atom. The van der Waals surface area contributed by atoms with E-state index in [1.54, 1.807) is 18.2 Å². The minimum Gasteiger partial charge on any atom is -0.495 e. The molecule has 2 rings (SSSR count). The fourth-order valence-electron chi connectivity index (χ4n) is 2.52. The van der Waals surface area contributed by atoms with Crippen molar-refractivity contribution >= 4 is 27.4 Å². The van der Waals surface area contributed by atoms with E-state index in [1.807, 2.05) is 13.8 Å². The number of urea groups is 1. The van der Waals surface area contributed by atoms with Crippen LogP contribution in [0.4, 0.5) is 16.2 Å². The number of anilines is 2. The molecule has 0 aromatic heterocycles. The highest BCUT2D eigenvalue weighted by atomic mass is 32.2. The number of carbonyl (C=O) groups excluding carboxylic acids is 1. The van der Waals surface area contributed by atoms with E-state index in [1.165, 1.54) is 11.4 Å². The lowest BCUT2D eigenvalue weighted by Gasteiger charge is -2.29. The Kier molecular flexibility index (Phi) is 5.93. The maximum absolute atomic E-state index is 12.3. The predicted molar refractivity (Wildman–Crippen MR) is 95.3 cm³/mol. The van der Waals surface area contributed by atoms with Crippen LogP contribution in [0, 0.1) is 0 Å². The van der Waals surface area contributed by atoms with Gasteiger partial charge in [0.1, 0.15) is 5.75 Å². The molecule has 1 aliphatic heterocycles. The fraction of sp³-hybridized carbons (Fsp3) is 0.562. The van der Waals surface area contributed by atoms with Crippen LogP contribution in [-0.4, -0.2) is 39.9 Å². The summed E-state index contributed by atoms with van der Waals surface area (Å²) in [6.45, 7) is 4.32. The Bertz CT molecular complexity index is 691. The first-order valence-corrected chi connectivity index (χ1v) is 9.74. The van der Waals surface area contributed by atoms with E-state index in [4.69, 9.17) is 4.74 Å². The normalized spacial score (nSPS) is 17.9. The van der Waals surface area contributed by atoms with Gasteiger partial charge in [-0.25, -0.2) is 13.2 Å². The number of hydrogen-bond acceptors (Lipinski definition) is 4. The van der Waals surface area contributed by atoms with Crippen LogP contribution in [0.15, 0.2) is 18.2 Å². The maximum Gasteiger partial charge on any atom is 0.319 e. The molecule has 1 aromatic carbocycles. The summed E-state index contributed by atoms with van der Waals surface area (Å²) in [6, 6.07) is 4.73. The van der Waals surface area contributed by atoms with E-state index in [0.29, 0.717) is 30.1 Å². The second-order valence-electron chi connectivity index (χ2n) is 5.89. The number of ether oxygens (including phenoxy) is 1. The van der Waals surface area contributed by atoms with Crippen molar-refractivity contribution in [3.8, 4) is 5.75 Å². The van der Waals surface area contributed by atoms with Gasteiger partial charge in [0, 0.05) is 18.3 Å². The van der Waals surface area contributed by atoms with E-state index in [9.17, 15) is 13.2 Å². The van der Waals surface area contributed by atoms with Gasteiger partial charge >= 0.3 is 6.03 Å². The van der Waals surface area contributed by atoms with Gasteiger partial charge in [-0.2, -0.15) is 0 Å². The molecule has 0 bridgehead atoms. The third-order valence-corrected chi connectivity index (χ3v) is 5.90. The maximum atomic E-state index is 12.3. The minimum absolute atomic E-state index is 0.0604. The Labute approximate surface area is 143 Å². The van der Waals surface area contributed by atoms with E-state index < -0.39 is 10.0 Å². The van der Waals surface area contributed by atoms with Crippen molar-refractivity contribution in [2.45, 2.75) is 39.2 Å². The van der Waals surface area contributed by atoms with Crippen LogP contribution < -0.4 is 19.7 Å². The lowest BCUT2D eigenvalue weighted by molar-refractivity contribution is 0.249. The van der Waals surface area contributed by atoms with Crippen LogP contribution in [-0.2, 0) is 10.0 Å². The van der Waals surface area contributed by atoms with Crippen LogP contribution >= 0.6 is 0 Å². The van der Waals surface area contributed by atoms with Crippen LogP contribution in [0.1, 0.15) is 33.1 Å². The van der Waals surface area contributed by atoms with E-state index in [2.05, 4.69) is 10.6 Å². The van der Waals surface area contributed by atoms with Crippen LogP contribution in [0.25, 0.3) is 0 Å². The Morgan fingerprint density at radius 1 is 1.38 bits per heavy atom. The van der Waals surface area contributed by atoms with Gasteiger partial charge in [-0.1, -0.05) is 6.92 Å². The van der Waals surface area contributed by atoms with Crippen molar-refractivity contribution in [2.75, 3.05) is 29.0 Å². The van der Waals surface area contributed by atoms with Gasteiger partial charge in [0.15, 0.2) is 0 Å². The zero-order valence-electron chi connectivity index (χ0n) is 14.3. The first-order valence-electron chi connectivity index (χ1n) is 8.13. The average molecular weight is 355 g/mol. The molecular formula is C16H25N3O4S. The highest BCUT2D eigenvalue weighted by Gasteiger charge is 2.28. The molecule has 1 fully saturated rings. The summed E-state index contributed by atoms with van der Waals surface area (Å²) < 4.78 is 31.3. The van der Waals surface area contributed by atoms with Crippen molar-refractivity contribution < 1.29 is 17.9 Å². The largest absolute Gasteiger partial charge is 0.495 e. The van der Waals surface area contributed by atoms with Crippen molar-refractivity contribution in [1.29, 1.82) is 0 Å². The summed E-state index contributed by atoms with van der Waals surface area (Å²) in [7, 11) is -1.85. The number of hydrogen-bond donors (Lipinski definition) is 2. The van der Waals surface area contributed by atoms with Crippen molar-refractivity contribution in [3.63, 3.8) is 0 Å². The van der Waals surface area contributed by atoms with Crippen molar-refractivity contribution in [1.82, 2.24) is 5.32 Å². The number of nitrogens with one attached hydrogen (secondary N) is 2. The van der Waals surface area contributed by atoms with Gasteiger partial charge in [0.05, 0.1) is 18.6 Å². The Morgan fingerprint density at radius 3 is 2.75 bits per heavy atom. The molecule has 134 valence electrons. The Hall–Kier alpha value is -1.96. The second kappa shape index (κ2) is 7.74. The molecule has 1 aromatic rings. The standard InChI is InChI=1S/C16H25N3O4S/c1-4-12(2)17-16(20)18-13-7-8-15(23-3)14(11-13)19-9-5-6-10-24(19,21)22/h7-8,11-12H,4-6,9-10H2,1-3H3,(H2,17,18,20). The number of rotatable bonds is 5. The number of nitrogens with zero attached hydrogens (tertiary/aromatic N) is 1. The summed E-state index contributed by atoms with van der Waals surface area (Å²) in [5, 5.41) is 5.55. The van der Waals surface area contributed by atoms with Gasteiger partial charge in [-0.05, 0) is 44.4 Å². The zero-order valence-corrected chi connectivity index (χ0v) is 15.1. The smallest absolute Gasteiger partial charge is 0.319 e. The SMILES string of the molecule is CCC(C)NC(=O)Nc1ccc(OC)c(N2CCCCS2(=O)=O)c1. The molecule has 1 atom stereocenters. The molecule has 0 aliphatic carbocycles. The van der Waals surface area contributed by atoms with Gasteiger partial charge in [-0.15, -0.1) is 0 Å². The number of carbonyl (C=O) groups is 1. The highest BCUT2D eigenvalue weighted by molar-refractivity contribution is 7.92. The van der Waals surface area contributed by atoms with Gasteiger partial charge < -0.3 is 15.4 Å². The number of methoxy groups -OCH3 is 1. The van der Waals surface area contributed by atoms with Gasteiger partial charge in [0.25, 0.3) is 0 Å². The third-order valence-electron chi connectivity index (χ3n) is 4.04. The van der Waals surface area contributed by atoms with Crippen molar-refractivity contribution in [3.05, 3.63) is 18.2 Å². The first-order chi connectivity index (χ1) is 11.4. The zero-order chi connectivity index (χ0) is 17.7. The minimum atomic E-state index is -3.35. The number of benzene rings is 1. The molecule has 2 amide bonds. The molecule has 1 aliphatic rings. The van der Waals surface area contributed by atoms with Crippen LogP contribution in [0.5, 0.6) is 5.75 Å². The molecule has 2 N–H and O–H groups in total.